The summed E-state index contributed by atoms with van der Waals surface area (Å²) in [5.41, 5.74) is 9.42. The predicted molar refractivity (Wildman–Crippen MR) is 82.2 cm³/mol. The molecule has 108 valence electrons. The van der Waals surface area contributed by atoms with Crippen molar-refractivity contribution >= 4 is 11.3 Å². The van der Waals surface area contributed by atoms with Crippen molar-refractivity contribution in [3.8, 4) is 0 Å². The maximum atomic E-state index is 6.13. The Hall–Kier alpha value is -0.450. The summed E-state index contributed by atoms with van der Waals surface area (Å²) in [7, 11) is 2.21. The van der Waals surface area contributed by atoms with E-state index < -0.39 is 0 Å². The minimum Gasteiger partial charge on any atom is -0.329 e. The van der Waals surface area contributed by atoms with E-state index in [9.17, 15) is 0 Å². The van der Waals surface area contributed by atoms with Gasteiger partial charge in [0.15, 0.2) is 0 Å². The molecule has 1 aliphatic carbocycles. The van der Waals surface area contributed by atoms with E-state index in [1.165, 1.54) is 44.2 Å². The smallest absolute Gasteiger partial charge is 0.0795 e. The van der Waals surface area contributed by atoms with Gasteiger partial charge in [0.1, 0.15) is 0 Å². The number of aromatic nitrogens is 1. The normalized spacial score (nSPS) is 27.9. The first-order chi connectivity index (χ1) is 9.20. The number of likely N-dealkylation sites (N-methyl/N-ethyl adjacent to an activating group) is 1. The second kappa shape index (κ2) is 6.82. The lowest BCUT2D eigenvalue weighted by Crippen LogP contribution is -2.53. The number of hydrogen-bond acceptors (Lipinski definition) is 4. The molecule has 1 fully saturated rings. The zero-order valence-corrected chi connectivity index (χ0v) is 13.1. The van der Waals surface area contributed by atoms with E-state index in [-0.39, 0.29) is 5.54 Å². The third-order valence-corrected chi connectivity index (χ3v) is 5.44. The van der Waals surface area contributed by atoms with Crippen LogP contribution in [-0.4, -0.2) is 29.0 Å². The van der Waals surface area contributed by atoms with Crippen molar-refractivity contribution in [1.82, 2.24) is 9.88 Å². The molecule has 0 aromatic carbocycles. The van der Waals surface area contributed by atoms with Gasteiger partial charge in [-0.05, 0) is 38.6 Å². The van der Waals surface area contributed by atoms with Crippen LogP contribution in [0.2, 0.25) is 0 Å². The van der Waals surface area contributed by atoms with Crippen molar-refractivity contribution in [3.63, 3.8) is 0 Å². The van der Waals surface area contributed by atoms with E-state index in [1.54, 1.807) is 11.3 Å². The Kier molecular flexibility index (Phi) is 5.37. The van der Waals surface area contributed by atoms with Crippen LogP contribution in [0.15, 0.2) is 10.9 Å². The van der Waals surface area contributed by atoms with E-state index in [4.69, 9.17) is 5.73 Å². The Morgan fingerprint density at radius 3 is 2.74 bits per heavy atom. The van der Waals surface area contributed by atoms with Crippen LogP contribution in [0.1, 0.15) is 51.1 Å². The number of thiazole rings is 1. The molecule has 0 unspecified atom stereocenters. The fourth-order valence-corrected chi connectivity index (χ4v) is 3.93. The molecule has 0 spiro atoms. The average molecular weight is 281 g/mol. The van der Waals surface area contributed by atoms with E-state index in [0.717, 1.165) is 19.0 Å². The van der Waals surface area contributed by atoms with Crippen LogP contribution >= 0.6 is 11.3 Å². The molecular weight excluding hydrogens is 254 g/mol. The molecule has 1 aromatic rings. The van der Waals surface area contributed by atoms with Crippen LogP contribution in [0.4, 0.5) is 0 Å². The predicted octanol–water partition coefficient (Wildman–Crippen LogP) is 3.26. The molecule has 1 aliphatic rings. The Bertz CT molecular complexity index is 355. The first-order valence-electron chi connectivity index (χ1n) is 7.48. The maximum absolute atomic E-state index is 6.13. The Morgan fingerprint density at radius 2 is 2.21 bits per heavy atom. The van der Waals surface area contributed by atoms with Crippen LogP contribution in [0.5, 0.6) is 0 Å². The van der Waals surface area contributed by atoms with Gasteiger partial charge < -0.3 is 5.73 Å². The van der Waals surface area contributed by atoms with Crippen LogP contribution < -0.4 is 5.73 Å². The molecule has 2 rings (SSSR count). The van der Waals surface area contributed by atoms with Crippen molar-refractivity contribution in [2.75, 3.05) is 13.6 Å². The van der Waals surface area contributed by atoms with Crippen LogP contribution in [0, 0.1) is 5.92 Å². The van der Waals surface area contributed by atoms with Gasteiger partial charge in [-0.2, -0.15) is 0 Å². The number of hydrogen-bond donors (Lipinski definition) is 1. The van der Waals surface area contributed by atoms with Crippen molar-refractivity contribution < 1.29 is 0 Å². The van der Waals surface area contributed by atoms with Gasteiger partial charge in [-0.15, -0.1) is 11.3 Å². The summed E-state index contributed by atoms with van der Waals surface area (Å²) in [6, 6.07) is 0. The zero-order chi connectivity index (χ0) is 13.7. The highest BCUT2D eigenvalue weighted by Crippen LogP contribution is 2.37. The van der Waals surface area contributed by atoms with Gasteiger partial charge in [0.05, 0.1) is 11.2 Å². The molecule has 2 N–H and O–H groups in total. The van der Waals surface area contributed by atoms with Crippen molar-refractivity contribution in [2.45, 2.75) is 57.5 Å². The molecule has 3 nitrogen and oxygen atoms in total. The van der Waals surface area contributed by atoms with E-state index in [0.29, 0.717) is 0 Å². The lowest BCUT2D eigenvalue weighted by Gasteiger charge is -2.46. The number of nitrogens with zero attached hydrogens (tertiary/aromatic N) is 2. The van der Waals surface area contributed by atoms with Crippen molar-refractivity contribution in [2.24, 2.45) is 11.7 Å². The van der Waals surface area contributed by atoms with E-state index >= 15 is 0 Å². The molecule has 19 heavy (non-hydrogen) atoms. The molecule has 0 radical (unpaired) electrons. The molecule has 0 aliphatic heterocycles. The highest BCUT2D eigenvalue weighted by Gasteiger charge is 2.37. The lowest BCUT2D eigenvalue weighted by atomic mass is 9.74. The second-order valence-corrected chi connectivity index (χ2v) is 6.72. The fraction of sp³-hybridized carbons (Fsp3) is 0.800. The van der Waals surface area contributed by atoms with Gasteiger partial charge >= 0.3 is 0 Å². The average Bonchev–Trinajstić information content (AvgIpc) is 2.93. The summed E-state index contributed by atoms with van der Waals surface area (Å²) < 4.78 is 0. The molecule has 1 heterocycles. The SMILES string of the molecule is CCCC1CCC(CN)(N(C)Cc2cscn2)CC1. The van der Waals surface area contributed by atoms with E-state index in [1.807, 2.05) is 5.51 Å². The third kappa shape index (κ3) is 3.56. The Morgan fingerprint density at radius 1 is 1.47 bits per heavy atom. The highest BCUT2D eigenvalue weighted by molar-refractivity contribution is 7.07. The Balaban J connectivity index is 1.95. The first-order valence-corrected chi connectivity index (χ1v) is 8.43. The van der Waals surface area contributed by atoms with Gasteiger partial charge in [-0.3, -0.25) is 4.90 Å². The summed E-state index contributed by atoms with van der Waals surface area (Å²) in [6.07, 6.45) is 7.87. The summed E-state index contributed by atoms with van der Waals surface area (Å²) in [4.78, 5) is 6.85. The first kappa shape index (κ1) is 14.9. The fourth-order valence-electron chi connectivity index (χ4n) is 3.38. The summed E-state index contributed by atoms with van der Waals surface area (Å²) >= 11 is 1.67. The topological polar surface area (TPSA) is 42.1 Å². The molecular formula is C15H27N3S. The quantitative estimate of drug-likeness (QED) is 0.870. The van der Waals surface area contributed by atoms with Crippen LogP contribution in [0.3, 0.4) is 0 Å². The van der Waals surface area contributed by atoms with Gasteiger partial charge in [-0.25, -0.2) is 4.98 Å². The van der Waals surface area contributed by atoms with Crippen LogP contribution in [0.25, 0.3) is 0 Å². The molecule has 4 heteroatoms. The largest absolute Gasteiger partial charge is 0.329 e. The standard InChI is InChI=1S/C15H27N3S/c1-3-4-13-5-7-15(11-16,8-6-13)18(2)9-14-10-19-12-17-14/h10,12-13H,3-9,11,16H2,1-2H3. The second-order valence-electron chi connectivity index (χ2n) is 6.00. The molecule has 0 bridgehead atoms. The molecule has 0 saturated heterocycles. The maximum Gasteiger partial charge on any atom is 0.0795 e. The third-order valence-electron chi connectivity index (χ3n) is 4.81. The number of rotatable bonds is 6. The van der Waals surface area contributed by atoms with Crippen LogP contribution in [-0.2, 0) is 6.54 Å². The summed E-state index contributed by atoms with van der Waals surface area (Å²) in [5, 5.41) is 2.14. The Labute approximate surface area is 121 Å². The van der Waals surface area contributed by atoms with Crippen molar-refractivity contribution in [1.29, 1.82) is 0 Å². The minimum absolute atomic E-state index is 0.202. The summed E-state index contributed by atoms with van der Waals surface area (Å²) in [6.45, 7) is 3.99. The van der Waals surface area contributed by atoms with Gasteiger partial charge in [0.25, 0.3) is 0 Å². The lowest BCUT2D eigenvalue weighted by molar-refractivity contribution is 0.0561. The zero-order valence-electron chi connectivity index (χ0n) is 12.3. The van der Waals surface area contributed by atoms with Gasteiger partial charge in [0.2, 0.25) is 0 Å². The minimum atomic E-state index is 0.202. The molecule has 0 amide bonds. The molecule has 1 saturated carbocycles. The summed E-state index contributed by atoms with van der Waals surface area (Å²) in [5.74, 6) is 0.928. The molecule has 1 aromatic heterocycles. The van der Waals surface area contributed by atoms with E-state index in [2.05, 4.69) is 29.2 Å². The molecule has 0 atom stereocenters. The van der Waals surface area contributed by atoms with Crippen molar-refractivity contribution in [3.05, 3.63) is 16.6 Å². The highest BCUT2D eigenvalue weighted by atomic mass is 32.1. The number of nitrogens with two attached hydrogens (primary N) is 1. The van der Waals surface area contributed by atoms with Gasteiger partial charge in [-0.1, -0.05) is 19.8 Å². The monoisotopic (exact) mass is 281 g/mol. The van der Waals surface area contributed by atoms with Gasteiger partial charge in [0, 0.05) is 24.0 Å².